The number of phosphoric ester groups is 1. The number of rotatable bonds is 41. The smallest absolute Gasteiger partial charge is 0.475 e. The predicted octanol–water partition coefficient (Wildman–Crippen LogP) is 10.1. The fourth-order valence-electron chi connectivity index (χ4n) is 7.55. The maximum atomic E-state index is 13.7. The molecule has 2 atom stereocenters. The lowest BCUT2D eigenvalue weighted by atomic mass is 10.0. The second kappa shape index (κ2) is 39.9. The van der Waals surface area contributed by atoms with Gasteiger partial charge in [-0.1, -0.05) is 168 Å². The topological polar surface area (TPSA) is 121 Å². The van der Waals surface area contributed by atoms with Gasteiger partial charge in [0.1, 0.15) is 19.8 Å². The van der Waals surface area contributed by atoms with Crippen LogP contribution in [0.3, 0.4) is 0 Å². The zero-order valence-electron chi connectivity index (χ0n) is 37.6. The number of hydrogen-bond donors (Lipinski definition) is 0. The summed E-state index contributed by atoms with van der Waals surface area (Å²) in [6.45, 7) is 6.77. The van der Waals surface area contributed by atoms with E-state index in [4.69, 9.17) is 28.3 Å². The number of phosphoric acid groups is 1. The molecule has 2 unspecified atom stereocenters. The minimum Gasteiger partial charge on any atom is -1.00 e. The maximum Gasteiger partial charge on any atom is 0.475 e. The third-order valence-corrected chi connectivity index (χ3v) is 12.8. The van der Waals surface area contributed by atoms with Crippen molar-refractivity contribution in [3.8, 4) is 6.07 Å². The summed E-state index contributed by atoms with van der Waals surface area (Å²) in [6, 6.07) is 1.99. The number of carbonyl (C=O) groups excluding carboxylic acids is 2. The van der Waals surface area contributed by atoms with Gasteiger partial charge in [-0.15, -0.1) is 0 Å². The van der Waals surface area contributed by atoms with Crippen LogP contribution in [0.25, 0.3) is 0 Å². The summed E-state index contributed by atoms with van der Waals surface area (Å²) < 4.78 is 42.8. The molecule has 1 saturated heterocycles. The number of esters is 2. The zero-order chi connectivity index (χ0) is 41.6. The summed E-state index contributed by atoms with van der Waals surface area (Å²) in [5, 5.41) is 9.04. The predicted molar refractivity (Wildman–Crippen MR) is 232 cm³/mol. The van der Waals surface area contributed by atoms with Gasteiger partial charge in [0.25, 0.3) is 0 Å². The van der Waals surface area contributed by atoms with Gasteiger partial charge in [0.15, 0.2) is 6.10 Å². The summed E-state index contributed by atoms with van der Waals surface area (Å²) in [5.41, 5.74) is 0. The first-order valence-electron chi connectivity index (χ1n) is 23.8. The van der Waals surface area contributed by atoms with Crippen molar-refractivity contribution in [3.05, 3.63) is 0 Å². The van der Waals surface area contributed by atoms with Gasteiger partial charge in [-0.3, -0.25) is 23.2 Å². The van der Waals surface area contributed by atoms with E-state index in [1.165, 1.54) is 135 Å². The first kappa shape index (κ1) is 56.8. The molecular weight excluding hydrogens is 775 g/mol. The largest absolute Gasteiger partial charge is 1.00 e. The lowest BCUT2D eigenvalue weighted by Crippen LogP contribution is -3.00. The van der Waals surface area contributed by atoms with E-state index in [1.54, 1.807) is 0 Å². The zero-order valence-corrected chi connectivity index (χ0v) is 39.3. The fraction of sp³-hybridized carbons (Fsp3) is 0.935. The number of carbonyl (C=O) groups is 2. The Morgan fingerprint density at radius 2 is 1.00 bits per heavy atom. The van der Waals surface area contributed by atoms with Crippen LogP contribution >= 0.6 is 7.82 Å². The van der Waals surface area contributed by atoms with Gasteiger partial charge >= 0.3 is 19.8 Å². The molecule has 1 heterocycles. The van der Waals surface area contributed by atoms with Gasteiger partial charge in [-0.25, -0.2) is 4.57 Å². The van der Waals surface area contributed by atoms with Crippen LogP contribution in [0.5, 0.6) is 0 Å². The van der Waals surface area contributed by atoms with E-state index in [0.717, 1.165) is 68.9 Å². The van der Waals surface area contributed by atoms with Gasteiger partial charge in [0, 0.05) is 12.8 Å². The minimum atomic E-state index is -4.08. The number of likely N-dealkylation sites (N-methyl/N-ethyl adjacent to an activating group) is 1. The SMILES string of the molecule is CCCCCCCCCCCCCCCC(=O)OCC(COP(=O)(OCCC#N)OCC[N+]1(C)CCCCC1)OC(=O)CCCCCCCCCCCCCCC.[Cl-]. The summed E-state index contributed by atoms with van der Waals surface area (Å²) >= 11 is 0. The van der Waals surface area contributed by atoms with Crippen molar-refractivity contribution in [2.45, 2.75) is 225 Å². The second-order valence-corrected chi connectivity index (χ2v) is 18.6. The summed E-state index contributed by atoms with van der Waals surface area (Å²) in [7, 11) is -1.91. The van der Waals surface area contributed by atoms with Crippen LogP contribution < -0.4 is 12.4 Å². The van der Waals surface area contributed by atoms with Crippen molar-refractivity contribution in [3.63, 3.8) is 0 Å². The molecule has 0 amide bonds. The van der Waals surface area contributed by atoms with Crippen LogP contribution in [0, 0.1) is 11.3 Å². The number of hydrogen-bond acceptors (Lipinski definition) is 9. The Bertz CT molecular complexity index is 1060. The molecule has 1 fully saturated rings. The number of nitriles is 1. The number of piperidine rings is 1. The highest BCUT2D eigenvalue weighted by molar-refractivity contribution is 7.48. The molecule has 342 valence electrons. The number of halogens is 1. The van der Waals surface area contributed by atoms with Crippen molar-refractivity contribution < 1.29 is 54.1 Å². The average molecular weight is 864 g/mol. The molecule has 0 spiro atoms. The van der Waals surface area contributed by atoms with Gasteiger partial charge < -0.3 is 26.4 Å². The number of likely N-dealkylation sites (tertiary alicyclic amines) is 1. The minimum absolute atomic E-state index is 0. The molecule has 0 aromatic carbocycles. The molecule has 0 aromatic heterocycles. The summed E-state index contributed by atoms with van der Waals surface area (Å²) in [6.07, 6.45) is 34.9. The molecule has 0 N–H and O–H groups in total. The Morgan fingerprint density at radius 1 is 0.586 bits per heavy atom. The van der Waals surface area contributed by atoms with E-state index in [9.17, 15) is 14.2 Å². The van der Waals surface area contributed by atoms with Crippen LogP contribution in [-0.2, 0) is 37.2 Å². The quantitative estimate of drug-likeness (QED) is 0.0256. The van der Waals surface area contributed by atoms with Crippen LogP contribution in [0.4, 0.5) is 0 Å². The first-order chi connectivity index (χ1) is 27.8. The number of nitrogens with zero attached hydrogens (tertiary/aromatic N) is 2. The van der Waals surface area contributed by atoms with E-state index in [-0.39, 0.29) is 57.6 Å². The molecule has 0 radical (unpaired) electrons. The molecule has 0 aliphatic carbocycles. The van der Waals surface area contributed by atoms with Crippen molar-refractivity contribution in [2.75, 3.05) is 53.1 Å². The highest BCUT2D eigenvalue weighted by atomic mass is 35.5. The van der Waals surface area contributed by atoms with Crippen molar-refractivity contribution in [1.82, 2.24) is 0 Å². The molecule has 1 rings (SSSR count). The van der Waals surface area contributed by atoms with Crippen LogP contribution in [0.15, 0.2) is 0 Å². The number of unbranched alkanes of at least 4 members (excludes halogenated alkanes) is 24. The monoisotopic (exact) mass is 863 g/mol. The molecule has 0 saturated carbocycles. The van der Waals surface area contributed by atoms with Gasteiger partial charge in [-0.2, -0.15) is 5.26 Å². The molecular formula is C46H88ClN2O8P. The third kappa shape index (κ3) is 34.5. The Kier molecular flexibility index (Phi) is 39.1. The van der Waals surface area contributed by atoms with E-state index >= 15 is 0 Å². The number of quaternary nitrogens is 1. The maximum absolute atomic E-state index is 13.7. The van der Waals surface area contributed by atoms with E-state index in [2.05, 4.69) is 20.9 Å². The molecule has 12 heteroatoms. The molecule has 1 aliphatic heterocycles. The summed E-state index contributed by atoms with van der Waals surface area (Å²) in [5.74, 6) is -0.748. The fourth-order valence-corrected chi connectivity index (χ4v) is 8.75. The highest BCUT2D eigenvalue weighted by Gasteiger charge is 2.32. The standard InChI is InChI=1S/C46H88N2O8P.ClH/c1-4-6-8-10-12-14-16-18-20-22-24-26-29-34-45(49)52-42-44(56-46(50)35-30-27-25-23-21-19-17-15-13-11-9-7-5-2)43-55-57(51,53-40-33-36-47)54-41-39-48(3)37-31-28-32-38-48;/h44H,4-35,37-43H2,1-3H3;1H/q+1;/p-1. The van der Waals surface area contributed by atoms with Gasteiger partial charge in [0.05, 0.1) is 45.8 Å². The average Bonchev–Trinajstić information content (AvgIpc) is 3.19. The lowest BCUT2D eigenvalue weighted by Gasteiger charge is -2.37. The van der Waals surface area contributed by atoms with Gasteiger partial charge in [0.2, 0.25) is 0 Å². The molecule has 0 aromatic rings. The Balaban J connectivity index is 0.0000325. The van der Waals surface area contributed by atoms with E-state index in [0.29, 0.717) is 13.0 Å². The highest BCUT2D eigenvalue weighted by Crippen LogP contribution is 2.49. The Morgan fingerprint density at radius 3 is 1.45 bits per heavy atom. The Labute approximate surface area is 362 Å². The van der Waals surface area contributed by atoms with Crippen LogP contribution in [0.2, 0.25) is 0 Å². The van der Waals surface area contributed by atoms with Crippen molar-refractivity contribution in [2.24, 2.45) is 0 Å². The lowest BCUT2D eigenvalue weighted by molar-refractivity contribution is -0.914. The molecule has 58 heavy (non-hydrogen) atoms. The van der Waals surface area contributed by atoms with Crippen LogP contribution in [0.1, 0.15) is 219 Å². The normalized spacial score (nSPS) is 15.2. The molecule has 1 aliphatic rings. The van der Waals surface area contributed by atoms with E-state index < -0.39 is 19.9 Å². The van der Waals surface area contributed by atoms with Gasteiger partial charge in [-0.05, 0) is 32.1 Å². The van der Waals surface area contributed by atoms with Crippen molar-refractivity contribution in [1.29, 1.82) is 5.26 Å². The third-order valence-electron chi connectivity index (χ3n) is 11.4. The molecule has 0 bridgehead atoms. The van der Waals surface area contributed by atoms with Crippen LogP contribution in [-0.4, -0.2) is 75.6 Å². The first-order valence-corrected chi connectivity index (χ1v) is 25.3. The second-order valence-electron chi connectivity index (χ2n) is 16.9. The number of ether oxygens (including phenoxy) is 2. The summed E-state index contributed by atoms with van der Waals surface area (Å²) in [4.78, 5) is 25.6. The Hall–Kier alpha value is -1.21. The van der Waals surface area contributed by atoms with E-state index in [1.807, 2.05) is 6.07 Å². The van der Waals surface area contributed by atoms with Crippen molar-refractivity contribution >= 4 is 19.8 Å². The molecule has 10 nitrogen and oxygen atoms in total.